The number of aromatic nitrogens is 1. The maximum Gasteiger partial charge on any atom is 0.326 e. The minimum Gasteiger partial charge on any atom is -0.480 e. The van der Waals surface area contributed by atoms with Crippen molar-refractivity contribution < 1.29 is 29.1 Å². The van der Waals surface area contributed by atoms with E-state index in [1.165, 1.54) is 0 Å². The van der Waals surface area contributed by atoms with E-state index in [-0.39, 0.29) is 31.8 Å². The van der Waals surface area contributed by atoms with Crippen molar-refractivity contribution in [1.82, 2.24) is 20.9 Å². The first-order valence-electron chi connectivity index (χ1n) is 14.3. The molecule has 15 nitrogen and oxygen atoms in total. The molecule has 4 amide bonds. The van der Waals surface area contributed by atoms with Crippen LogP contribution in [-0.4, -0.2) is 76.4 Å². The predicted molar refractivity (Wildman–Crippen MR) is 167 cm³/mol. The van der Waals surface area contributed by atoms with Crippen molar-refractivity contribution in [2.24, 2.45) is 27.9 Å². The average molecular weight is 622 g/mol. The Morgan fingerprint density at radius 2 is 1.40 bits per heavy atom. The van der Waals surface area contributed by atoms with Crippen LogP contribution in [0.2, 0.25) is 0 Å². The molecule has 240 valence electrons. The van der Waals surface area contributed by atoms with E-state index in [1.807, 2.05) is 24.3 Å². The fourth-order valence-corrected chi connectivity index (χ4v) is 4.66. The number of rotatable bonds is 17. The average Bonchev–Trinajstić information content (AvgIpc) is 3.40. The lowest BCUT2D eigenvalue weighted by Gasteiger charge is -2.25. The highest BCUT2D eigenvalue weighted by Crippen LogP contribution is 2.19. The number of amides is 4. The number of carboxylic acids is 1. The molecule has 0 radical (unpaired) electrons. The highest BCUT2D eigenvalue weighted by atomic mass is 16.4. The molecule has 1 aromatic heterocycles. The Labute approximate surface area is 259 Å². The van der Waals surface area contributed by atoms with E-state index >= 15 is 0 Å². The Hall–Kier alpha value is -5.44. The van der Waals surface area contributed by atoms with Crippen LogP contribution in [0.5, 0.6) is 0 Å². The van der Waals surface area contributed by atoms with Gasteiger partial charge in [0, 0.05) is 36.5 Å². The summed E-state index contributed by atoms with van der Waals surface area (Å²) < 4.78 is 0. The molecule has 0 spiro atoms. The van der Waals surface area contributed by atoms with Crippen LogP contribution >= 0.6 is 0 Å². The van der Waals surface area contributed by atoms with Gasteiger partial charge in [-0.3, -0.25) is 24.2 Å². The van der Waals surface area contributed by atoms with Crippen molar-refractivity contribution in [3.8, 4) is 0 Å². The molecule has 13 N–H and O–H groups in total. The van der Waals surface area contributed by atoms with Crippen LogP contribution in [0.25, 0.3) is 10.9 Å². The number of aliphatic carboxylic acids is 1. The zero-order valence-corrected chi connectivity index (χ0v) is 24.6. The summed E-state index contributed by atoms with van der Waals surface area (Å²) >= 11 is 0. The molecule has 0 aliphatic rings. The van der Waals surface area contributed by atoms with Crippen LogP contribution < -0.4 is 38.9 Å². The topological polar surface area (TPSA) is 274 Å². The van der Waals surface area contributed by atoms with Gasteiger partial charge in [-0.15, -0.1) is 0 Å². The second-order valence-corrected chi connectivity index (χ2v) is 10.5. The van der Waals surface area contributed by atoms with Crippen molar-refractivity contribution in [2.45, 2.75) is 56.3 Å². The van der Waals surface area contributed by atoms with E-state index in [9.17, 15) is 29.1 Å². The maximum absolute atomic E-state index is 13.8. The smallest absolute Gasteiger partial charge is 0.326 e. The molecule has 3 rings (SSSR count). The van der Waals surface area contributed by atoms with E-state index in [0.29, 0.717) is 12.0 Å². The van der Waals surface area contributed by atoms with Gasteiger partial charge in [-0.25, -0.2) is 4.79 Å². The van der Waals surface area contributed by atoms with Gasteiger partial charge >= 0.3 is 5.97 Å². The number of aromatic amines is 1. The number of hydrogen-bond donors (Lipinski definition) is 9. The van der Waals surface area contributed by atoms with Crippen molar-refractivity contribution >= 4 is 46.5 Å². The van der Waals surface area contributed by atoms with E-state index in [2.05, 4.69) is 25.9 Å². The maximum atomic E-state index is 13.8. The number of carboxylic acid groups (broad SMARTS) is 1. The van der Waals surface area contributed by atoms with Crippen LogP contribution in [0.4, 0.5) is 0 Å². The monoisotopic (exact) mass is 621 g/mol. The highest BCUT2D eigenvalue weighted by Gasteiger charge is 2.31. The number of para-hydroxylation sites is 1. The molecular formula is C30H39N9O6. The number of benzene rings is 2. The van der Waals surface area contributed by atoms with Gasteiger partial charge < -0.3 is 49.0 Å². The Kier molecular flexibility index (Phi) is 12.4. The van der Waals surface area contributed by atoms with Gasteiger partial charge in [0.25, 0.3) is 0 Å². The Morgan fingerprint density at radius 3 is 2.04 bits per heavy atom. The minimum atomic E-state index is -1.62. The van der Waals surface area contributed by atoms with Gasteiger partial charge in [-0.1, -0.05) is 48.5 Å². The standard InChI is InChI=1S/C30H39N9O6/c31-20(10-6-12-35-30(33)34)26(41)37-22(13-17-7-2-1-3-8-17)27(42)38-23(28(43)39-24(29(44)45)15-25(32)40)14-18-16-36-21-11-5-4-9-19(18)21/h1-5,7-9,11,16,20,22-24,36H,6,10,12-15,31H2,(H2,32,40)(H,37,41)(H,38,42)(H,39,43)(H,44,45)(H4,33,34,35). The molecular weight excluding hydrogens is 582 g/mol. The van der Waals surface area contributed by atoms with E-state index in [1.54, 1.807) is 36.5 Å². The first kappa shape index (κ1) is 34.1. The van der Waals surface area contributed by atoms with Crippen molar-refractivity contribution in [2.75, 3.05) is 6.54 Å². The Bertz CT molecular complexity index is 1520. The summed E-state index contributed by atoms with van der Waals surface area (Å²) in [6.45, 7) is 0.273. The highest BCUT2D eigenvalue weighted by molar-refractivity contribution is 5.95. The molecule has 0 aliphatic heterocycles. The predicted octanol–water partition coefficient (Wildman–Crippen LogP) is -1.25. The molecule has 0 aliphatic carbocycles. The Balaban J connectivity index is 1.85. The van der Waals surface area contributed by atoms with Gasteiger partial charge in [0.2, 0.25) is 23.6 Å². The molecule has 15 heteroatoms. The molecule has 0 bridgehead atoms. The largest absolute Gasteiger partial charge is 0.480 e. The third-order valence-corrected chi connectivity index (χ3v) is 6.97. The van der Waals surface area contributed by atoms with Crippen LogP contribution in [0.1, 0.15) is 30.4 Å². The number of aliphatic imine (C=N–C) groups is 1. The third kappa shape index (κ3) is 10.7. The minimum absolute atomic E-state index is 0.0409. The number of nitrogens with one attached hydrogen (secondary N) is 4. The number of hydrogen-bond acceptors (Lipinski definition) is 7. The zero-order valence-electron chi connectivity index (χ0n) is 24.6. The molecule has 4 unspecified atom stereocenters. The first-order chi connectivity index (χ1) is 21.4. The summed E-state index contributed by atoms with van der Waals surface area (Å²) in [6, 6.07) is 11.2. The molecule has 2 aromatic carbocycles. The number of nitrogens with two attached hydrogens (primary N) is 4. The molecule has 0 fully saturated rings. The normalized spacial score (nSPS) is 13.5. The molecule has 45 heavy (non-hydrogen) atoms. The van der Waals surface area contributed by atoms with Crippen LogP contribution in [-0.2, 0) is 36.8 Å². The second kappa shape index (κ2) is 16.4. The second-order valence-electron chi connectivity index (χ2n) is 10.5. The molecule has 0 saturated carbocycles. The third-order valence-electron chi connectivity index (χ3n) is 6.97. The van der Waals surface area contributed by atoms with Gasteiger partial charge in [-0.2, -0.15) is 0 Å². The van der Waals surface area contributed by atoms with Gasteiger partial charge in [0.1, 0.15) is 18.1 Å². The van der Waals surface area contributed by atoms with Gasteiger partial charge in [-0.05, 0) is 30.0 Å². The van der Waals surface area contributed by atoms with Crippen LogP contribution in [0.3, 0.4) is 0 Å². The van der Waals surface area contributed by atoms with E-state index in [4.69, 9.17) is 22.9 Å². The van der Waals surface area contributed by atoms with Crippen molar-refractivity contribution in [1.29, 1.82) is 0 Å². The summed E-state index contributed by atoms with van der Waals surface area (Å²) in [6.07, 6.45) is 1.72. The lowest BCUT2D eigenvalue weighted by Crippen LogP contribution is -2.58. The summed E-state index contributed by atoms with van der Waals surface area (Å²) in [4.78, 5) is 70.4. The number of carbonyl (C=O) groups excluding carboxylic acids is 4. The molecule has 1 heterocycles. The first-order valence-corrected chi connectivity index (χ1v) is 14.3. The molecule has 0 saturated heterocycles. The summed E-state index contributed by atoms with van der Waals surface area (Å²) in [7, 11) is 0. The van der Waals surface area contributed by atoms with Gasteiger partial charge in [0.05, 0.1) is 12.5 Å². The SMILES string of the molecule is NC(=O)CC(NC(=O)C(Cc1c[nH]c2ccccc12)NC(=O)C(Cc1ccccc1)NC(=O)C(N)CCCN=C(N)N)C(=O)O. The fraction of sp³-hybridized carbons (Fsp3) is 0.333. The summed E-state index contributed by atoms with van der Waals surface area (Å²) in [5, 5.41) is 18.0. The van der Waals surface area contributed by atoms with E-state index < -0.39 is 60.2 Å². The lowest BCUT2D eigenvalue weighted by molar-refractivity contribution is -0.143. The zero-order chi connectivity index (χ0) is 32.9. The van der Waals surface area contributed by atoms with Crippen LogP contribution in [0.15, 0.2) is 65.8 Å². The number of nitrogens with zero attached hydrogens (tertiary/aromatic N) is 1. The summed E-state index contributed by atoms with van der Waals surface area (Å²) in [5.74, 6) is -4.64. The molecule has 4 atom stereocenters. The number of carbonyl (C=O) groups is 5. The van der Waals surface area contributed by atoms with Crippen molar-refractivity contribution in [3.05, 3.63) is 71.9 Å². The number of guanidine groups is 1. The Morgan fingerprint density at radius 1 is 0.800 bits per heavy atom. The number of fused-ring (bicyclic) bond motifs is 1. The van der Waals surface area contributed by atoms with Gasteiger partial charge in [0.15, 0.2) is 5.96 Å². The molecule has 3 aromatic rings. The van der Waals surface area contributed by atoms with Crippen molar-refractivity contribution in [3.63, 3.8) is 0 Å². The van der Waals surface area contributed by atoms with E-state index in [0.717, 1.165) is 16.5 Å². The number of primary amides is 1. The summed E-state index contributed by atoms with van der Waals surface area (Å²) in [5.41, 5.74) is 24.1. The van der Waals surface area contributed by atoms with Crippen LogP contribution in [0, 0.1) is 0 Å². The fourth-order valence-electron chi connectivity index (χ4n) is 4.66. The number of H-pyrrole nitrogens is 1. The lowest BCUT2D eigenvalue weighted by atomic mass is 10.0. The quantitative estimate of drug-likeness (QED) is 0.0494.